The first-order chi connectivity index (χ1) is 17.3. The molecule has 8 nitrogen and oxygen atoms in total. The maximum absolute atomic E-state index is 6.02. The molecule has 0 aliphatic rings. The van der Waals surface area contributed by atoms with Crippen LogP contribution in [0.4, 0.5) is 0 Å². The Morgan fingerprint density at radius 1 is 0.857 bits per heavy atom. The van der Waals surface area contributed by atoms with Crippen molar-refractivity contribution in [1.82, 2.24) is 40.5 Å². The van der Waals surface area contributed by atoms with Crippen LogP contribution in [0.25, 0.3) is 16.9 Å². The summed E-state index contributed by atoms with van der Waals surface area (Å²) in [6.45, 7) is 1.95. The molecule has 2 heterocycles. The van der Waals surface area contributed by atoms with Crippen LogP contribution in [0.5, 0.6) is 0 Å². The average Bonchev–Trinajstić information content (AvgIpc) is 3.53. The van der Waals surface area contributed by atoms with E-state index in [-0.39, 0.29) is 0 Å². The van der Waals surface area contributed by atoms with Crippen molar-refractivity contribution in [1.29, 1.82) is 0 Å². The summed E-state index contributed by atoms with van der Waals surface area (Å²) in [4.78, 5) is 1.74. The monoisotopic (exact) mass is 502 g/mol. The fourth-order valence-electron chi connectivity index (χ4n) is 3.57. The zero-order chi connectivity index (χ0) is 23.9. The largest absolute Gasteiger partial charge is 0.310 e. The molecule has 0 saturated heterocycles. The summed E-state index contributed by atoms with van der Waals surface area (Å²) < 4.78 is 1.75. The van der Waals surface area contributed by atoms with E-state index in [2.05, 4.69) is 33.0 Å². The van der Waals surface area contributed by atoms with Crippen LogP contribution in [0.15, 0.2) is 90.1 Å². The van der Waals surface area contributed by atoms with Crippen LogP contribution in [-0.2, 0) is 13.1 Å². The summed E-state index contributed by atoms with van der Waals surface area (Å²) in [5, 5.41) is 26.6. The number of hydrogen-bond donors (Lipinski definition) is 1. The zero-order valence-corrected chi connectivity index (χ0v) is 20.4. The van der Waals surface area contributed by atoms with Crippen LogP contribution in [0.2, 0.25) is 5.02 Å². The van der Waals surface area contributed by atoms with E-state index in [1.807, 2.05) is 72.8 Å². The van der Waals surface area contributed by atoms with E-state index in [1.165, 1.54) is 0 Å². The second-order valence-corrected chi connectivity index (χ2v) is 9.25. The van der Waals surface area contributed by atoms with E-state index in [0.29, 0.717) is 18.1 Å². The minimum absolute atomic E-state index is 0.578. The van der Waals surface area contributed by atoms with Gasteiger partial charge in [-0.25, -0.2) is 0 Å². The van der Waals surface area contributed by atoms with Gasteiger partial charge in [-0.1, -0.05) is 84.0 Å². The molecule has 5 rings (SSSR count). The van der Waals surface area contributed by atoms with E-state index in [4.69, 9.17) is 21.8 Å². The predicted molar refractivity (Wildman–Crippen MR) is 138 cm³/mol. The highest BCUT2D eigenvalue weighted by molar-refractivity contribution is 7.99. The second-order valence-electron chi connectivity index (χ2n) is 7.75. The van der Waals surface area contributed by atoms with Crippen LogP contribution in [-0.4, -0.2) is 47.5 Å². The van der Waals surface area contributed by atoms with Crippen molar-refractivity contribution in [2.45, 2.75) is 18.2 Å². The number of thioether (sulfide) groups is 1. The number of halogens is 1. The maximum Gasteiger partial charge on any atom is 0.214 e. The SMILES string of the molecule is Clc1ccc(Cn2nc(CNCCSc3nnnn3-c3ccccc3)c(-c3ccccc3)n2)cc1. The van der Waals surface area contributed by atoms with Crippen molar-refractivity contribution in [3.05, 3.63) is 101 Å². The third-order valence-electron chi connectivity index (χ3n) is 5.25. The highest BCUT2D eigenvalue weighted by Gasteiger charge is 2.14. The van der Waals surface area contributed by atoms with E-state index in [0.717, 1.165) is 45.7 Å². The van der Waals surface area contributed by atoms with Crippen LogP contribution >= 0.6 is 23.4 Å². The number of hydrogen-bond acceptors (Lipinski definition) is 7. The lowest BCUT2D eigenvalue weighted by molar-refractivity contribution is 0.579. The minimum Gasteiger partial charge on any atom is -0.310 e. The molecular formula is C25H23ClN8S. The third-order valence-corrected chi connectivity index (χ3v) is 6.43. The minimum atomic E-state index is 0.578. The first-order valence-electron chi connectivity index (χ1n) is 11.2. The first-order valence-corrected chi connectivity index (χ1v) is 12.5. The number of nitrogens with one attached hydrogen (secondary N) is 1. The fourth-order valence-corrected chi connectivity index (χ4v) is 4.48. The van der Waals surface area contributed by atoms with Gasteiger partial charge >= 0.3 is 0 Å². The molecule has 0 spiro atoms. The number of para-hydroxylation sites is 1. The van der Waals surface area contributed by atoms with Crippen LogP contribution in [0.3, 0.4) is 0 Å². The Balaban J connectivity index is 1.22. The number of aromatic nitrogens is 7. The topological polar surface area (TPSA) is 86.3 Å². The van der Waals surface area contributed by atoms with Crippen molar-refractivity contribution in [3.8, 4) is 16.9 Å². The molecule has 176 valence electrons. The molecule has 0 unspecified atom stereocenters. The van der Waals surface area contributed by atoms with Gasteiger partial charge in [0.1, 0.15) is 11.4 Å². The van der Waals surface area contributed by atoms with Gasteiger partial charge in [-0.15, -0.1) is 5.10 Å². The molecular weight excluding hydrogens is 480 g/mol. The van der Waals surface area contributed by atoms with Gasteiger partial charge in [-0.2, -0.15) is 19.7 Å². The molecule has 5 aromatic rings. The molecule has 0 bridgehead atoms. The highest BCUT2D eigenvalue weighted by Crippen LogP contribution is 2.21. The molecule has 0 aliphatic carbocycles. The zero-order valence-electron chi connectivity index (χ0n) is 18.8. The average molecular weight is 503 g/mol. The van der Waals surface area contributed by atoms with Crippen molar-refractivity contribution < 1.29 is 0 Å². The Labute approximate surface area is 212 Å². The summed E-state index contributed by atoms with van der Waals surface area (Å²) in [7, 11) is 0. The van der Waals surface area contributed by atoms with Gasteiger partial charge in [0.15, 0.2) is 0 Å². The Morgan fingerprint density at radius 3 is 2.37 bits per heavy atom. The summed E-state index contributed by atoms with van der Waals surface area (Å²) in [5.74, 6) is 0.812. The Hall–Kier alpha value is -3.53. The van der Waals surface area contributed by atoms with Crippen molar-refractivity contribution in [2.24, 2.45) is 0 Å². The number of benzene rings is 3. The lowest BCUT2D eigenvalue weighted by atomic mass is 10.1. The smallest absolute Gasteiger partial charge is 0.214 e. The summed E-state index contributed by atoms with van der Waals surface area (Å²) >= 11 is 7.62. The van der Waals surface area contributed by atoms with Crippen molar-refractivity contribution in [3.63, 3.8) is 0 Å². The number of rotatable bonds is 10. The predicted octanol–water partition coefficient (Wildman–Crippen LogP) is 4.50. The van der Waals surface area contributed by atoms with E-state index < -0.39 is 0 Å². The molecule has 2 aromatic heterocycles. The van der Waals surface area contributed by atoms with Crippen LogP contribution in [0, 0.1) is 0 Å². The standard InChI is InChI=1S/C25H23ClN8S/c26-21-13-11-19(12-14-21)18-33-29-23(24(30-33)20-7-3-1-4-8-20)17-27-15-16-35-25-28-31-32-34(25)22-9-5-2-6-10-22/h1-14,27H,15-18H2. The maximum atomic E-state index is 6.02. The van der Waals surface area contributed by atoms with E-state index in [9.17, 15) is 0 Å². The quantitative estimate of drug-likeness (QED) is 0.222. The second kappa shape index (κ2) is 11.3. The van der Waals surface area contributed by atoms with Crippen LogP contribution in [0.1, 0.15) is 11.3 Å². The number of tetrazole rings is 1. The Bertz CT molecular complexity index is 1350. The normalized spacial score (nSPS) is 11.1. The molecule has 0 saturated carbocycles. The molecule has 0 atom stereocenters. The molecule has 0 fully saturated rings. The molecule has 0 amide bonds. The summed E-state index contributed by atoms with van der Waals surface area (Å²) in [6.07, 6.45) is 0. The van der Waals surface area contributed by atoms with Gasteiger partial charge in [0, 0.05) is 29.4 Å². The molecule has 1 N–H and O–H groups in total. The van der Waals surface area contributed by atoms with Crippen molar-refractivity contribution in [2.75, 3.05) is 12.3 Å². The first kappa shape index (κ1) is 23.2. The molecule has 35 heavy (non-hydrogen) atoms. The lowest BCUT2D eigenvalue weighted by Gasteiger charge is -2.05. The summed E-state index contributed by atoms with van der Waals surface area (Å²) in [5.41, 5.74) is 4.87. The Kier molecular flexibility index (Phi) is 7.47. The summed E-state index contributed by atoms with van der Waals surface area (Å²) in [6, 6.07) is 27.8. The molecule has 0 aliphatic heterocycles. The van der Waals surface area contributed by atoms with Gasteiger partial charge < -0.3 is 5.32 Å². The van der Waals surface area contributed by atoms with Crippen molar-refractivity contribution >= 4 is 23.4 Å². The lowest BCUT2D eigenvalue weighted by Crippen LogP contribution is -2.18. The van der Waals surface area contributed by atoms with Gasteiger partial charge in [0.25, 0.3) is 0 Å². The molecule has 10 heteroatoms. The number of nitrogens with zero attached hydrogens (tertiary/aromatic N) is 7. The fraction of sp³-hybridized carbons (Fsp3) is 0.160. The van der Waals surface area contributed by atoms with E-state index >= 15 is 0 Å². The van der Waals surface area contributed by atoms with E-state index in [1.54, 1.807) is 21.2 Å². The molecule has 3 aromatic carbocycles. The Morgan fingerprint density at radius 2 is 1.60 bits per heavy atom. The van der Waals surface area contributed by atoms with Gasteiger partial charge in [-0.05, 0) is 40.3 Å². The van der Waals surface area contributed by atoms with Gasteiger partial charge in [0.05, 0.1) is 12.2 Å². The molecule has 0 radical (unpaired) electrons. The van der Waals surface area contributed by atoms with Gasteiger partial charge in [-0.3, -0.25) is 0 Å². The third kappa shape index (κ3) is 5.94. The van der Waals surface area contributed by atoms with Gasteiger partial charge in [0.2, 0.25) is 5.16 Å². The highest BCUT2D eigenvalue weighted by atomic mass is 35.5. The van der Waals surface area contributed by atoms with Crippen LogP contribution < -0.4 is 5.32 Å².